The van der Waals surface area contributed by atoms with Crippen molar-refractivity contribution in [3.63, 3.8) is 0 Å². The topological polar surface area (TPSA) is 40.5 Å². The van der Waals surface area contributed by atoms with Crippen LogP contribution in [-0.2, 0) is 0 Å². The molecule has 1 fully saturated rings. The number of aliphatic hydroxyl groups excluding tert-OH is 1. The molecule has 1 aromatic carbocycles. The van der Waals surface area contributed by atoms with Gasteiger partial charge in [-0.25, -0.2) is 0 Å². The first kappa shape index (κ1) is 11.6. The summed E-state index contributed by atoms with van der Waals surface area (Å²) in [6, 6.07) is 6.90. The number of hydrogen-bond donors (Lipinski definition) is 1. The summed E-state index contributed by atoms with van der Waals surface area (Å²) in [6.45, 7) is 1.76. The Hall–Kier alpha value is -0.900. The molecule has 0 spiro atoms. The van der Waals surface area contributed by atoms with Crippen LogP contribution in [0, 0.1) is 0 Å². The number of benzene rings is 1. The Labute approximate surface area is 99.6 Å². The van der Waals surface area contributed by atoms with Crippen LogP contribution in [0.2, 0.25) is 5.02 Å². The van der Waals surface area contributed by atoms with Gasteiger partial charge in [0.15, 0.2) is 5.78 Å². The lowest BCUT2D eigenvalue weighted by atomic mass is 10.1. The van der Waals surface area contributed by atoms with E-state index in [0.29, 0.717) is 23.7 Å². The van der Waals surface area contributed by atoms with Crippen LogP contribution >= 0.6 is 11.6 Å². The third-order valence-electron chi connectivity index (χ3n) is 2.78. The zero-order valence-electron chi connectivity index (χ0n) is 8.90. The number of ketones is 1. The average Bonchev–Trinajstić information content (AvgIpc) is 2.65. The van der Waals surface area contributed by atoms with E-state index in [9.17, 15) is 9.90 Å². The van der Waals surface area contributed by atoms with E-state index in [1.807, 2.05) is 4.90 Å². The first-order chi connectivity index (χ1) is 7.65. The number of nitrogens with zero attached hydrogens (tertiary/aromatic N) is 1. The van der Waals surface area contributed by atoms with Crippen LogP contribution in [0.3, 0.4) is 0 Å². The lowest BCUT2D eigenvalue weighted by molar-refractivity contribution is 0.0935. The molecular formula is C12H14ClNO2. The zero-order valence-corrected chi connectivity index (χ0v) is 9.65. The van der Waals surface area contributed by atoms with Gasteiger partial charge in [-0.15, -0.1) is 0 Å². The van der Waals surface area contributed by atoms with Crippen LogP contribution in [0.25, 0.3) is 0 Å². The van der Waals surface area contributed by atoms with E-state index >= 15 is 0 Å². The summed E-state index contributed by atoms with van der Waals surface area (Å²) < 4.78 is 0. The number of likely N-dealkylation sites (tertiary alicyclic amines) is 1. The van der Waals surface area contributed by atoms with Crippen molar-refractivity contribution >= 4 is 17.4 Å². The zero-order chi connectivity index (χ0) is 11.5. The molecule has 86 valence electrons. The molecule has 0 radical (unpaired) electrons. The average molecular weight is 240 g/mol. The molecule has 0 bridgehead atoms. The first-order valence-electron chi connectivity index (χ1n) is 5.34. The molecular weight excluding hydrogens is 226 g/mol. The van der Waals surface area contributed by atoms with Gasteiger partial charge < -0.3 is 5.11 Å². The highest BCUT2D eigenvalue weighted by atomic mass is 35.5. The standard InChI is InChI=1S/C12H14ClNO2/c13-10-3-1-9(2-4-10)12(16)8-14-6-5-11(15)7-14/h1-4,11,15H,5-8H2. The molecule has 16 heavy (non-hydrogen) atoms. The van der Waals surface area contributed by atoms with E-state index in [1.165, 1.54) is 0 Å². The second-order valence-electron chi connectivity index (χ2n) is 4.11. The van der Waals surface area contributed by atoms with Crippen molar-refractivity contribution < 1.29 is 9.90 Å². The number of Topliss-reactive ketones (excluding diaryl/α,β-unsaturated/α-hetero) is 1. The summed E-state index contributed by atoms with van der Waals surface area (Å²) in [5, 5.41) is 9.98. The molecule has 1 unspecified atom stereocenters. The van der Waals surface area contributed by atoms with Gasteiger partial charge in [0.1, 0.15) is 0 Å². The Balaban J connectivity index is 1.95. The predicted molar refractivity (Wildman–Crippen MR) is 62.8 cm³/mol. The van der Waals surface area contributed by atoms with Crippen molar-refractivity contribution in [3.05, 3.63) is 34.9 Å². The molecule has 0 aliphatic carbocycles. The molecule has 1 aliphatic rings. The summed E-state index contributed by atoms with van der Waals surface area (Å²) in [6.07, 6.45) is 0.478. The molecule has 1 N–H and O–H groups in total. The van der Waals surface area contributed by atoms with Gasteiger partial charge in [-0.05, 0) is 30.7 Å². The lowest BCUT2D eigenvalue weighted by Gasteiger charge is -2.13. The smallest absolute Gasteiger partial charge is 0.176 e. The van der Waals surface area contributed by atoms with Gasteiger partial charge in [0.05, 0.1) is 12.6 Å². The van der Waals surface area contributed by atoms with Crippen LogP contribution in [0.5, 0.6) is 0 Å². The SMILES string of the molecule is O=C(CN1CCC(O)C1)c1ccc(Cl)cc1. The molecule has 1 aromatic rings. The van der Waals surface area contributed by atoms with Crippen LogP contribution in [0.4, 0.5) is 0 Å². The number of halogens is 1. The van der Waals surface area contributed by atoms with Gasteiger partial charge in [-0.1, -0.05) is 11.6 Å². The first-order valence-corrected chi connectivity index (χ1v) is 5.72. The highest BCUT2D eigenvalue weighted by molar-refractivity contribution is 6.30. The van der Waals surface area contributed by atoms with Gasteiger partial charge in [0.2, 0.25) is 0 Å². The summed E-state index contributed by atoms with van der Waals surface area (Å²) in [5.74, 6) is 0.0748. The number of carbonyl (C=O) groups excluding carboxylic acids is 1. The lowest BCUT2D eigenvalue weighted by Crippen LogP contribution is -2.28. The fraction of sp³-hybridized carbons (Fsp3) is 0.417. The minimum atomic E-state index is -0.280. The monoisotopic (exact) mass is 239 g/mol. The molecule has 0 amide bonds. The van der Waals surface area contributed by atoms with Crippen LogP contribution < -0.4 is 0 Å². The van der Waals surface area contributed by atoms with E-state index in [4.69, 9.17) is 11.6 Å². The Morgan fingerprint density at radius 2 is 2.12 bits per heavy atom. The Morgan fingerprint density at radius 3 is 2.69 bits per heavy atom. The summed E-state index contributed by atoms with van der Waals surface area (Å²) in [4.78, 5) is 13.8. The summed E-state index contributed by atoms with van der Waals surface area (Å²) >= 11 is 5.75. The van der Waals surface area contributed by atoms with Crippen molar-refractivity contribution in [1.29, 1.82) is 0 Å². The molecule has 0 saturated carbocycles. The second kappa shape index (κ2) is 4.95. The second-order valence-corrected chi connectivity index (χ2v) is 4.54. The molecule has 0 aromatic heterocycles. The maximum Gasteiger partial charge on any atom is 0.176 e. The molecule has 1 atom stereocenters. The number of rotatable bonds is 3. The molecule has 1 aliphatic heterocycles. The van der Waals surface area contributed by atoms with E-state index in [2.05, 4.69) is 0 Å². The van der Waals surface area contributed by atoms with Gasteiger partial charge >= 0.3 is 0 Å². The molecule has 3 nitrogen and oxygen atoms in total. The largest absolute Gasteiger partial charge is 0.392 e. The number of hydrogen-bond acceptors (Lipinski definition) is 3. The van der Waals surface area contributed by atoms with Crippen molar-refractivity contribution in [2.45, 2.75) is 12.5 Å². The van der Waals surface area contributed by atoms with E-state index in [0.717, 1.165) is 13.0 Å². The number of carbonyl (C=O) groups is 1. The third kappa shape index (κ3) is 2.82. The van der Waals surface area contributed by atoms with E-state index in [1.54, 1.807) is 24.3 Å². The molecule has 2 rings (SSSR count). The summed E-state index contributed by atoms with van der Waals surface area (Å²) in [7, 11) is 0. The molecule has 4 heteroatoms. The fourth-order valence-corrected chi connectivity index (χ4v) is 2.01. The highest BCUT2D eigenvalue weighted by Gasteiger charge is 2.22. The predicted octanol–water partition coefficient (Wildman–Crippen LogP) is 1.59. The van der Waals surface area contributed by atoms with Gasteiger partial charge in [-0.3, -0.25) is 9.69 Å². The minimum absolute atomic E-state index is 0.0748. The van der Waals surface area contributed by atoms with E-state index < -0.39 is 0 Å². The Bertz CT molecular complexity index is 377. The number of β-amino-alcohol motifs (C(OH)–C–C–N with tert-alkyl or cyclic N) is 1. The quantitative estimate of drug-likeness (QED) is 0.815. The highest BCUT2D eigenvalue weighted by Crippen LogP contribution is 2.13. The number of aliphatic hydroxyl groups is 1. The molecule has 1 heterocycles. The van der Waals surface area contributed by atoms with Crippen molar-refractivity contribution in [3.8, 4) is 0 Å². The maximum atomic E-state index is 11.9. The fourth-order valence-electron chi connectivity index (χ4n) is 1.89. The van der Waals surface area contributed by atoms with Crippen molar-refractivity contribution in [2.75, 3.05) is 19.6 Å². The summed E-state index contributed by atoms with van der Waals surface area (Å²) in [5.41, 5.74) is 0.672. The van der Waals surface area contributed by atoms with Gasteiger partial charge in [0.25, 0.3) is 0 Å². The van der Waals surface area contributed by atoms with E-state index in [-0.39, 0.29) is 11.9 Å². The Kier molecular flexibility index (Phi) is 3.59. The van der Waals surface area contributed by atoms with Crippen LogP contribution in [-0.4, -0.2) is 41.5 Å². The van der Waals surface area contributed by atoms with Gasteiger partial charge in [0, 0.05) is 23.7 Å². The van der Waals surface area contributed by atoms with Crippen LogP contribution in [0.1, 0.15) is 16.8 Å². The third-order valence-corrected chi connectivity index (χ3v) is 3.03. The minimum Gasteiger partial charge on any atom is -0.392 e. The maximum absolute atomic E-state index is 11.9. The van der Waals surface area contributed by atoms with Crippen LogP contribution in [0.15, 0.2) is 24.3 Å². The normalized spacial score (nSPS) is 21.2. The van der Waals surface area contributed by atoms with Crippen molar-refractivity contribution in [2.24, 2.45) is 0 Å². The molecule has 1 saturated heterocycles. The van der Waals surface area contributed by atoms with Gasteiger partial charge in [-0.2, -0.15) is 0 Å². The van der Waals surface area contributed by atoms with Crippen molar-refractivity contribution in [1.82, 2.24) is 4.90 Å². The Morgan fingerprint density at radius 1 is 1.44 bits per heavy atom.